The summed E-state index contributed by atoms with van der Waals surface area (Å²) in [6, 6.07) is 12.5. The van der Waals surface area contributed by atoms with E-state index in [1.54, 1.807) is 13.1 Å². The van der Waals surface area contributed by atoms with E-state index in [1.165, 1.54) is 10.5 Å². The van der Waals surface area contributed by atoms with Gasteiger partial charge in [0, 0.05) is 18.6 Å². The van der Waals surface area contributed by atoms with Crippen LogP contribution in [0.25, 0.3) is 0 Å². The van der Waals surface area contributed by atoms with Crippen LogP contribution in [0, 0.1) is 0 Å². The van der Waals surface area contributed by atoms with Crippen LogP contribution in [-0.4, -0.2) is 36.4 Å². The minimum atomic E-state index is -0.613. The zero-order valence-corrected chi connectivity index (χ0v) is 19.2. The molecule has 0 bridgehead atoms. The van der Waals surface area contributed by atoms with Crippen molar-refractivity contribution in [2.75, 3.05) is 13.7 Å². The Hall–Kier alpha value is -2.05. The topological polar surface area (TPSA) is 58.6 Å². The van der Waals surface area contributed by atoms with Crippen LogP contribution in [-0.2, 0) is 22.6 Å². The molecule has 5 nitrogen and oxygen atoms in total. The van der Waals surface area contributed by atoms with Gasteiger partial charge < -0.3 is 15.0 Å². The van der Waals surface area contributed by atoms with Gasteiger partial charge in [0.15, 0.2) is 6.61 Å². The highest BCUT2D eigenvalue weighted by Gasteiger charge is 2.28. The minimum Gasteiger partial charge on any atom is -0.483 e. The molecule has 0 radical (unpaired) electrons. The predicted octanol–water partition coefficient (Wildman–Crippen LogP) is 4.60. The highest BCUT2D eigenvalue weighted by atomic mass is 79.9. The Balaban J connectivity index is 2.21. The van der Waals surface area contributed by atoms with Crippen LogP contribution >= 0.6 is 27.5 Å². The monoisotopic (exact) mass is 480 g/mol. The Labute approximate surface area is 185 Å². The molecular weight excluding hydrogens is 456 g/mol. The van der Waals surface area contributed by atoms with E-state index >= 15 is 0 Å². The number of aryl methyl sites for hydroxylation is 1. The average Bonchev–Trinajstić information content (AvgIpc) is 2.73. The molecule has 2 aromatic carbocycles. The van der Waals surface area contributed by atoms with E-state index in [1.807, 2.05) is 43.3 Å². The molecule has 156 valence electrons. The Kier molecular flexibility index (Phi) is 8.99. The normalized spacial score (nSPS) is 11.6. The largest absolute Gasteiger partial charge is 0.483 e. The van der Waals surface area contributed by atoms with E-state index in [4.69, 9.17) is 16.3 Å². The third kappa shape index (κ3) is 6.21. The van der Waals surface area contributed by atoms with Crippen LogP contribution in [0.1, 0.15) is 31.4 Å². The molecule has 2 amide bonds. The molecule has 0 aromatic heterocycles. The molecule has 1 N–H and O–H groups in total. The van der Waals surface area contributed by atoms with Crippen molar-refractivity contribution in [3.63, 3.8) is 0 Å². The third-order valence-corrected chi connectivity index (χ3v) is 5.67. The van der Waals surface area contributed by atoms with Crippen molar-refractivity contribution in [1.29, 1.82) is 0 Å². The van der Waals surface area contributed by atoms with Gasteiger partial charge in [-0.3, -0.25) is 9.59 Å². The molecule has 0 heterocycles. The molecule has 0 aliphatic rings. The number of amides is 2. The zero-order chi connectivity index (χ0) is 21.4. The molecule has 0 aliphatic heterocycles. The summed E-state index contributed by atoms with van der Waals surface area (Å²) in [6.07, 6.45) is 1.39. The summed E-state index contributed by atoms with van der Waals surface area (Å²) in [7, 11) is 1.56. The van der Waals surface area contributed by atoms with E-state index in [0.29, 0.717) is 17.2 Å². The smallest absolute Gasteiger partial charge is 0.261 e. The maximum absolute atomic E-state index is 13.0. The first kappa shape index (κ1) is 23.2. The van der Waals surface area contributed by atoms with E-state index in [-0.39, 0.29) is 25.0 Å². The lowest BCUT2D eigenvalue weighted by atomic mass is 10.1. The standard InChI is InChI=1S/C22H26BrClN2O3/c1-4-15-10-11-20(17(23)12-15)29-14-21(27)26(19(5-2)22(28)25-3)13-16-8-6-7-9-18(16)24/h6-12,19H,4-5,13-14H2,1-3H3,(H,25,28)/t19-/m1/s1. The van der Waals surface area contributed by atoms with Gasteiger partial charge in [-0.25, -0.2) is 0 Å². The van der Waals surface area contributed by atoms with Gasteiger partial charge in [-0.2, -0.15) is 0 Å². The van der Waals surface area contributed by atoms with Gasteiger partial charge in [0.05, 0.1) is 4.47 Å². The zero-order valence-electron chi connectivity index (χ0n) is 16.9. The summed E-state index contributed by atoms with van der Waals surface area (Å²) in [6.45, 7) is 3.99. The van der Waals surface area contributed by atoms with Gasteiger partial charge in [0.2, 0.25) is 5.91 Å². The summed E-state index contributed by atoms with van der Waals surface area (Å²) in [5.74, 6) is 0.0782. The van der Waals surface area contributed by atoms with Crippen molar-refractivity contribution >= 4 is 39.3 Å². The molecule has 0 saturated carbocycles. The first-order chi connectivity index (χ1) is 13.9. The maximum atomic E-state index is 13.0. The van der Waals surface area contributed by atoms with E-state index in [2.05, 4.69) is 28.2 Å². The molecule has 0 fully saturated rings. The number of nitrogens with one attached hydrogen (secondary N) is 1. The number of ether oxygens (including phenoxy) is 1. The van der Waals surface area contributed by atoms with Gasteiger partial charge in [0.25, 0.3) is 5.91 Å². The Morgan fingerprint density at radius 3 is 2.52 bits per heavy atom. The molecule has 2 rings (SSSR count). The first-order valence-corrected chi connectivity index (χ1v) is 10.7. The van der Waals surface area contributed by atoms with Crippen molar-refractivity contribution in [3.8, 4) is 5.75 Å². The molecule has 7 heteroatoms. The summed E-state index contributed by atoms with van der Waals surface area (Å²) in [5.41, 5.74) is 1.94. The van der Waals surface area contributed by atoms with Gasteiger partial charge >= 0.3 is 0 Å². The van der Waals surface area contributed by atoms with Gasteiger partial charge in [-0.15, -0.1) is 0 Å². The second-order valence-electron chi connectivity index (χ2n) is 6.56. The Morgan fingerprint density at radius 2 is 1.93 bits per heavy atom. The number of hydrogen-bond acceptors (Lipinski definition) is 3. The molecule has 0 spiro atoms. The fourth-order valence-electron chi connectivity index (χ4n) is 3.00. The molecule has 0 unspecified atom stereocenters. The highest BCUT2D eigenvalue weighted by molar-refractivity contribution is 9.10. The number of benzene rings is 2. The number of hydrogen-bond donors (Lipinski definition) is 1. The van der Waals surface area contributed by atoms with Crippen LogP contribution in [0.5, 0.6) is 5.75 Å². The molecule has 1 atom stereocenters. The van der Waals surface area contributed by atoms with Crippen molar-refractivity contribution in [3.05, 3.63) is 63.1 Å². The summed E-state index contributed by atoms with van der Waals surface area (Å²) < 4.78 is 6.54. The van der Waals surface area contributed by atoms with Gasteiger partial charge in [0.1, 0.15) is 11.8 Å². The van der Waals surface area contributed by atoms with Gasteiger partial charge in [-0.1, -0.05) is 49.7 Å². The highest BCUT2D eigenvalue weighted by Crippen LogP contribution is 2.26. The van der Waals surface area contributed by atoms with Crippen LogP contribution in [0.15, 0.2) is 46.9 Å². The van der Waals surface area contributed by atoms with Crippen molar-refractivity contribution in [1.82, 2.24) is 10.2 Å². The average molecular weight is 482 g/mol. The second kappa shape index (κ2) is 11.2. The minimum absolute atomic E-state index is 0.179. The van der Waals surface area contributed by atoms with Crippen molar-refractivity contribution < 1.29 is 14.3 Å². The van der Waals surface area contributed by atoms with Crippen molar-refractivity contribution in [2.45, 2.75) is 39.3 Å². The van der Waals surface area contributed by atoms with Crippen LogP contribution in [0.3, 0.4) is 0 Å². The lowest BCUT2D eigenvalue weighted by Gasteiger charge is -2.30. The Bertz CT molecular complexity index is 860. The van der Waals surface area contributed by atoms with Crippen LogP contribution < -0.4 is 10.1 Å². The Morgan fingerprint density at radius 1 is 1.21 bits per heavy atom. The number of carbonyl (C=O) groups excluding carboxylic acids is 2. The number of rotatable bonds is 9. The fourth-order valence-corrected chi connectivity index (χ4v) is 3.74. The fraction of sp³-hybridized carbons (Fsp3) is 0.364. The van der Waals surface area contributed by atoms with E-state index in [0.717, 1.165) is 16.5 Å². The SMILES string of the molecule is CCc1ccc(OCC(=O)N(Cc2ccccc2Cl)[C@H](CC)C(=O)NC)c(Br)c1. The summed E-state index contributed by atoms with van der Waals surface area (Å²) >= 11 is 9.76. The number of likely N-dealkylation sites (N-methyl/N-ethyl adjacent to an activating group) is 1. The molecule has 0 aliphatic carbocycles. The number of carbonyl (C=O) groups is 2. The summed E-state index contributed by atoms with van der Waals surface area (Å²) in [4.78, 5) is 26.9. The van der Waals surface area contributed by atoms with E-state index in [9.17, 15) is 9.59 Å². The third-order valence-electron chi connectivity index (χ3n) is 4.69. The number of halogens is 2. The summed E-state index contributed by atoms with van der Waals surface area (Å²) in [5, 5.41) is 3.18. The molecule has 0 saturated heterocycles. The van der Waals surface area contributed by atoms with Crippen LogP contribution in [0.4, 0.5) is 0 Å². The lowest BCUT2D eigenvalue weighted by Crippen LogP contribution is -2.49. The predicted molar refractivity (Wildman–Crippen MR) is 119 cm³/mol. The van der Waals surface area contributed by atoms with Crippen molar-refractivity contribution in [2.24, 2.45) is 0 Å². The molecular formula is C22H26BrClN2O3. The molecule has 29 heavy (non-hydrogen) atoms. The second-order valence-corrected chi connectivity index (χ2v) is 7.82. The maximum Gasteiger partial charge on any atom is 0.261 e. The van der Waals surface area contributed by atoms with Crippen LogP contribution in [0.2, 0.25) is 5.02 Å². The molecule has 2 aromatic rings. The quantitative estimate of drug-likeness (QED) is 0.569. The number of nitrogens with zero attached hydrogens (tertiary/aromatic N) is 1. The van der Waals surface area contributed by atoms with E-state index < -0.39 is 6.04 Å². The lowest BCUT2D eigenvalue weighted by molar-refractivity contribution is -0.142. The van der Waals surface area contributed by atoms with Gasteiger partial charge in [-0.05, 0) is 58.1 Å². The first-order valence-electron chi connectivity index (χ1n) is 9.56.